The minimum absolute atomic E-state index is 0.169. The van der Waals surface area contributed by atoms with Crippen LogP contribution in [0.15, 0.2) is 53.8 Å². The van der Waals surface area contributed by atoms with E-state index < -0.39 is 17.7 Å². The number of hydrogen-bond acceptors (Lipinski definition) is 3. The molecule has 0 spiro atoms. The Morgan fingerprint density at radius 1 is 1.07 bits per heavy atom. The predicted molar refractivity (Wildman–Crippen MR) is 119 cm³/mol. The van der Waals surface area contributed by atoms with Gasteiger partial charge in [-0.15, -0.1) is 0 Å². The number of rotatable bonds is 4. The maximum atomic E-state index is 13.3. The Hall–Kier alpha value is -3.34. The lowest BCUT2D eigenvalue weighted by Gasteiger charge is -2.28. The number of Topliss-reactive ketones (excluding diaryl/α,β-unsaturated/α-hetero) is 1. The number of aliphatic hydroxyl groups excluding tert-OH is 1. The first-order valence-electron chi connectivity index (χ1n) is 10.2. The van der Waals surface area contributed by atoms with Crippen molar-refractivity contribution in [3.8, 4) is 0 Å². The number of H-pyrrole nitrogens is 1. The van der Waals surface area contributed by atoms with Gasteiger partial charge in [0.25, 0.3) is 5.91 Å². The van der Waals surface area contributed by atoms with Gasteiger partial charge >= 0.3 is 0 Å². The third kappa shape index (κ3) is 3.02. The van der Waals surface area contributed by atoms with Crippen LogP contribution in [0.2, 0.25) is 0 Å². The summed E-state index contributed by atoms with van der Waals surface area (Å²) >= 11 is 0. The molecule has 0 aliphatic carbocycles. The second-order valence-corrected chi connectivity index (χ2v) is 8.41. The Bertz CT molecular complexity index is 1200. The maximum Gasteiger partial charge on any atom is 0.294 e. The van der Waals surface area contributed by atoms with Gasteiger partial charge in [0.05, 0.1) is 11.6 Å². The van der Waals surface area contributed by atoms with Crippen molar-refractivity contribution in [3.63, 3.8) is 0 Å². The highest BCUT2D eigenvalue weighted by molar-refractivity contribution is 6.17. The number of anilines is 1. The first-order chi connectivity index (χ1) is 14.2. The van der Waals surface area contributed by atoms with E-state index in [1.54, 1.807) is 18.7 Å². The molecule has 5 nitrogen and oxygen atoms in total. The summed E-state index contributed by atoms with van der Waals surface area (Å²) in [6.45, 7) is 9.44. The summed E-state index contributed by atoms with van der Waals surface area (Å²) in [6, 6.07) is 13.0. The minimum atomic E-state index is -0.690. The van der Waals surface area contributed by atoms with Gasteiger partial charge in [-0.2, -0.15) is 0 Å². The van der Waals surface area contributed by atoms with Gasteiger partial charge in [-0.25, -0.2) is 0 Å². The van der Waals surface area contributed by atoms with Crippen LogP contribution in [0.1, 0.15) is 42.3 Å². The number of aromatic amines is 1. The van der Waals surface area contributed by atoms with Gasteiger partial charge in [-0.3, -0.25) is 14.5 Å². The van der Waals surface area contributed by atoms with Crippen LogP contribution in [0.4, 0.5) is 5.69 Å². The largest absolute Gasteiger partial charge is 0.503 e. The van der Waals surface area contributed by atoms with Crippen molar-refractivity contribution in [2.75, 3.05) is 4.90 Å². The molecule has 0 radical (unpaired) electrons. The topological polar surface area (TPSA) is 73.4 Å². The SMILES string of the molecule is Cc1cc(C)cc(N2C(=O)C(O)=C(C(=O)C(C)C)C2c2c(C)[nH]c3ccccc23)c1. The van der Waals surface area contributed by atoms with E-state index in [0.29, 0.717) is 5.69 Å². The Labute approximate surface area is 176 Å². The van der Waals surface area contributed by atoms with Crippen molar-refractivity contribution in [1.82, 2.24) is 4.98 Å². The summed E-state index contributed by atoms with van der Waals surface area (Å²) in [7, 11) is 0. The molecule has 1 aliphatic heterocycles. The molecule has 154 valence electrons. The van der Waals surface area contributed by atoms with E-state index in [4.69, 9.17) is 0 Å². The average Bonchev–Trinajstić information content (AvgIpc) is 3.13. The molecule has 2 N–H and O–H groups in total. The normalized spacial score (nSPS) is 16.9. The number of nitrogens with one attached hydrogen (secondary N) is 1. The molecule has 1 unspecified atom stereocenters. The fraction of sp³-hybridized carbons (Fsp3) is 0.280. The van der Waals surface area contributed by atoms with Crippen molar-refractivity contribution < 1.29 is 14.7 Å². The molecule has 1 aliphatic rings. The molecule has 0 saturated carbocycles. The number of carbonyl (C=O) groups is 2. The molecule has 1 amide bonds. The van der Waals surface area contributed by atoms with Crippen LogP contribution < -0.4 is 4.90 Å². The van der Waals surface area contributed by atoms with Crippen LogP contribution in [0.5, 0.6) is 0 Å². The summed E-state index contributed by atoms with van der Waals surface area (Å²) in [5.41, 5.74) is 5.50. The molecule has 0 fully saturated rings. The smallest absolute Gasteiger partial charge is 0.294 e. The molecular formula is C25H26N2O3. The highest BCUT2D eigenvalue weighted by atomic mass is 16.3. The Morgan fingerprint density at radius 2 is 1.70 bits per heavy atom. The van der Waals surface area contributed by atoms with Gasteiger partial charge in [0.1, 0.15) is 0 Å². The molecule has 3 aromatic rings. The Balaban J connectivity index is 2.02. The number of benzene rings is 2. The zero-order valence-electron chi connectivity index (χ0n) is 17.9. The number of aromatic nitrogens is 1. The van der Waals surface area contributed by atoms with Gasteiger partial charge in [0.2, 0.25) is 0 Å². The first kappa shape index (κ1) is 20.0. The number of fused-ring (bicyclic) bond motifs is 1. The summed E-state index contributed by atoms with van der Waals surface area (Å²) in [5.74, 6) is -1.56. The monoisotopic (exact) mass is 402 g/mol. The third-order valence-electron chi connectivity index (χ3n) is 5.70. The lowest BCUT2D eigenvalue weighted by Crippen LogP contribution is -2.32. The number of aliphatic hydroxyl groups is 1. The lowest BCUT2D eigenvalue weighted by atomic mass is 9.89. The Morgan fingerprint density at radius 3 is 2.33 bits per heavy atom. The highest BCUT2D eigenvalue weighted by Crippen LogP contribution is 2.45. The number of amides is 1. The van der Waals surface area contributed by atoms with Gasteiger partial charge in [-0.1, -0.05) is 38.1 Å². The van der Waals surface area contributed by atoms with Crippen LogP contribution in [-0.4, -0.2) is 21.8 Å². The Kier molecular flexibility index (Phi) is 4.77. The van der Waals surface area contributed by atoms with E-state index in [1.165, 1.54) is 0 Å². The fourth-order valence-electron chi connectivity index (χ4n) is 4.45. The number of aryl methyl sites for hydroxylation is 3. The molecule has 1 atom stereocenters. The molecule has 0 bridgehead atoms. The summed E-state index contributed by atoms with van der Waals surface area (Å²) < 4.78 is 0. The zero-order valence-corrected chi connectivity index (χ0v) is 17.9. The molecule has 2 aromatic carbocycles. The second kappa shape index (κ2) is 7.17. The van der Waals surface area contributed by atoms with Gasteiger partial charge in [0.15, 0.2) is 11.5 Å². The number of hydrogen-bond donors (Lipinski definition) is 2. The molecule has 0 saturated heterocycles. The van der Waals surface area contributed by atoms with Crippen LogP contribution in [-0.2, 0) is 9.59 Å². The maximum absolute atomic E-state index is 13.3. The first-order valence-corrected chi connectivity index (χ1v) is 10.2. The molecule has 2 heterocycles. The summed E-state index contributed by atoms with van der Waals surface area (Å²) in [4.78, 5) is 31.4. The van der Waals surface area contributed by atoms with E-state index in [-0.39, 0.29) is 17.3 Å². The van der Waals surface area contributed by atoms with E-state index in [1.807, 2.05) is 63.2 Å². The number of ketones is 1. The van der Waals surface area contributed by atoms with Crippen molar-refractivity contribution in [2.45, 2.75) is 40.7 Å². The molecule has 1 aromatic heterocycles. The second-order valence-electron chi connectivity index (χ2n) is 8.41. The van der Waals surface area contributed by atoms with Gasteiger partial charge in [0, 0.05) is 33.8 Å². The lowest BCUT2D eigenvalue weighted by molar-refractivity contribution is -0.119. The number of carbonyl (C=O) groups excluding carboxylic acids is 2. The number of para-hydroxylation sites is 1. The summed E-state index contributed by atoms with van der Waals surface area (Å²) in [5, 5.41) is 11.8. The third-order valence-corrected chi connectivity index (χ3v) is 5.70. The van der Waals surface area contributed by atoms with Gasteiger partial charge in [-0.05, 0) is 50.1 Å². The number of nitrogens with zero attached hydrogens (tertiary/aromatic N) is 1. The zero-order chi connectivity index (χ0) is 21.7. The van der Waals surface area contributed by atoms with E-state index in [0.717, 1.165) is 33.3 Å². The predicted octanol–water partition coefficient (Wildman–Crippen LogP) is 5.22. The van der Waals surface area contributed by atoms with Crippen LogP contribution in [0.25, 0.3) is 10.9 Å². The molecular weight excluding hydrogens is 376 g/mol. The molecule has 5 heteroatoms. The molecule has 30 heavy (non-hydrogen) atoms. The van der Waals surface area contributed by atoms with E-state index in [2.05, 4.69) is 4.98 Å². The van der Waals surface area contributed by atoms with Crippen molar-refractivity contribution in [3.05, 3.63) is 76.2 Å². The van der Waals surface area contributed by atoms with E-state index in [9.17, 15) is 14.7 Å². The quantitative estimate of drug-likeness (QED) is 0.628. The summed E-state index contributed by atoms with van der Waals surface area (Å²) in [6.07, 6.45) is 0. The van der Waals surface area contributed by atoms with Crippen molar-refractivity contribution >= 4 is 28.3 Å². The minimum Gasteiger partial charge on any atom is -0.503 e. The molecule has 4 rings (SSSR count). The van der Waals surface area contributed by atoms with Crippen molar-refractivity contribution in [2.24, 2.45) is 5.92 Å². The van der Waals surface area contributed by atoms with Crippen LogP contribution in [0.3, 0.4) is 0 Å². The highest BCUT2D eigenvalue weighted by Gasteiger charge is 2.46. The standard InChI is InChI=1S/C25H26N2O3/c1-13(2)23(28)21-22(20-16(5)26-19-9-7-6-8-18(19)20)27(25(30)24(21)29)17-11-14(3)10-15(4)12-17/h6-13,22,26,29H,1-5H3. The fourth-order valence-corrected chi connectivity index (χ4v) is 4.45. The van der Waals surface area contributed by atoms with Crippen molar-refractivity contribution in [1.29, 1.82) is 0 Å². The van der Waals surface area contributed by atoms with Crippen LogP contribution >= 0.6 is 0 Å². The van der Waals surface area contributed by atoms with Gasteiger partial charge < -0.3 is 10.1 Å². The average molecular weight is 402 g/mol. The van der Waals surface area contributed by atoms with Crippen LogP contribution in [0, 0.1) is 26.7 Å². The van der Waals surface area contributed by atoms with E-state index >= 15 is 0 Å².